The first-order chi connectivity index (χ1) is 9.60. The van der Waals surface area contributed by atoms with Gasteiger partial charge < -0.3 is 16.2 Å². The van der Waals surface area contributed by atoms with Crippen molar-refractivity contribution < 1.29 is 9.90 Å². The van der Waals surface area contributed by atoms with Gasteiger partial charge in [-0.05, 0) is 24.3 Å². The molecule has 0 aliphatic heterocycles. The maximum Gasteiger partial charge on any atom is 0.335 e. The summed E-state index contributed by atoms with van der Waals surface area (Å²) in [5, 5.41) is 20.6. The number of nitrogens with zero attached hydrogens (tertiary/aromatic N) is 3. The van der Waals surface area contributed by atoms with Gasteiger partial charge in [0, 0.05) is 5.69 Å². The van der Waals surface area contributed by atoms with Crippen LogP contribution in [0, 0.1) is 11.3 Å². The second-order valence-electron chi connectivity index (χ2n) is 3.94. The van der Waals surface area contributed by atoms with Crippen LogP contribution in [0.25, 0.3) is 0 Å². The van der Waals surface area contributed by atoms with Crippen LogP contribution in [0.3, 0.4) is 0 Å². The van der Waals surface area contributed by atoms with Crippen LogP contribution in [0.5, 0.6) is 0 Å². The Labute approximate surface area is 114 Å². The molecule has 100 valence electrons. The highest BCUT2D eigenvalue weighted by atomic mass is 16.4. The minimum Gasteiger partial charge on any atom is -0.478 e. The molecule has 0 aliphatic carbocycles. The highest BCUT2D eigenvalue weighted by Crippen LogP contribution is 2.11. The Morgan fingerprint density at radius 2 is 2.10 bits per heavy atom. The molecule has 0 bridgehead atoms. The lowest BCUT2D eigenvalue weighted by Gasteiger charge is -2.06. The number of aromatic nitrogens is 2. The number of nitrogen functional groups attached to an aromatic ring is 1. The van der Waals surface area contributed by atoms with Crippen molar-refractivity contribution in [3.05, 3.63) is 47.4 Å². The largest absolute Gasteiger partial charge is 0.478 e. The molecule has 2 aromatic rings. The lowest BCUT2D eigenvalue weighted by molar-refractivity contribution is 0.0697. The smallest absolute Gasteiger partial charge is 0.335 e. The van der Waals surface area contributed by atoms with E-state index in [1.807, 2.05) is 6.07 Å². The Balaban J connectivity index is 2.05. The summed E-state index contributed by atoms with van der Waals surface area (Å²) in [4.78, 5) is 18.6. The Hall–Kier alpha value is -3.14. The number of hydrogen-bond acceptors (Lipinski definition) is 6. The average Bonchev–Trinajstić information content (AvgIpc) is 2.46. The van der Waals surface area contributed by atoms with E-state index in [1.165, 1.54) is 18.3 Å². The highest BCUT2D eigenvalue weighted by molar-refractivity contribution is 5.87. The third-order valence-corrected chi connectivity index (χ3v) is 2.56. The molecule has 20 heavy (non-hydrogen) atoms. The fourth-order valence-corrected chi connectivity index (χ4v) is 1.53. The van der Waals surface area contributed by atoms with Crippen molar-refractivity contribution in [2.75, 3.05) is 11.1 Å². The monoisotopic (exact) mass is 269 g/mol. The van der Waals surface area contributed by atoms with Gasteiger partial charge in [-0.15, -0.1) is 0 Å². The molecule has 1 aromatic carbocycles. The summed E-state index contributed by atoms with van der Waals surface area (Å²) < 4.78 is 0. The van der Waals surface area contributed by atoms with E-state index < -0.39 is 5.97 Å². The molecule has 7 nitrogen and oxygen atoms in total. The fourth-order valence-electron chi connectivity index (χ4n) is 1.53. The SMILES string of the molecule is N#Cc1nc(CNc2ccc(C(=O)O)cc2)cnc1N. The number of nitriles is 1. The lowest BCUT2D eigenvalue weighted by atomic mass is 10.2. The topological polar surface area (TPSA) is 125 Å². The van der Waals surface area contributed by atoms with E-state index in [9.17, 15) is 4.79 Å². The van der Waals surface area contributed by atoms with Crippen LogP contribution in [0.15, 0.2) is 30.5 Å². The normalized spacial score (nSPS) is 9.75. The predicted molar refractivity (Wildman–Crippen MR) is 71.9 cm³/mol. The van der Waals surface area contributed by atoms with Crippen molar-refractivity contribution in [3.63, 3.8) is 0 Å². The Morgan fingerprint density at radius 1 is 1.40 bits per heavy atom. The summed E-state index contributed by atoms with van der Waals surface area (Å²) in [6.07, 6.45) is 1.48. The van der Waals surface area contributed by atoms with Crippen molar-refractivity contribution in [2.24, 2.45) is 0 Å². The molecule has 0 spiro atoms. The van der Waals surface area contributed by atoms with Gasteiger partial charge in [-0.2, -0.15) is 5.26 Å². The number of nitrogens with two attached hydrogens (primary N) is 1. The molecule has 0 saturated heterocycles. The number of benzene rings is 1. The van der Waals surface area contributed by atoms with Crippen LogP contribution in [0.2, 0.25) is 0 Å². The third-order valence-electron chi connectivity index (χ3n) is 2.56. The van der Waals surface area contributed by atoms with Gasteiger partial charge in [-0.1, -0.05) is 0 Å². The Bertz CT molecular complexity index is 676. The van der Waals surface area contributed by atoms with E-state index in [2.05, 4.69) is 15.3 Å². The summed E-state index contributed by atoms with van der Waals surface area (Å²) in [5.41, 5.74) is 7.10. The highest BCUT2D eigenvalue weighted by Gasteiger charge is 2.04. The van der Waals surface area contributed by atoms with Gasteiger partial charge >= 0.3 is 5.97 Å². The van der Waals surface area contributed by atoms with Gasteiger partial charge in [0.2, 0.25) is 0 Å². The molecular weight excluding hydrogens is 258 g/mol. The van der Waals surface area contributed by atoms with Crippen LogP contribution in [0.4, 0.5) is 11.5 Å². The second-order valence-corrected chi connectivity index (χ2v) is 3.94. The van der Waals surface area contributed by atoms with Gasteiger partial charge in [0.1, 0.15) is 6.07 Å². The first-order valence-corrected chi connectivity index (χ1v) is 5.69. The first-order valence-electron chi connectivity index (χ1n) is 5.69. The van der Waals surface area contributed by atoms with E-state index in [1.54, 1.807) is 12.1 Å². The molecule has 0 fully saturated rings. The minimum atomic E-state index is -0.973. The van der Waals surface area contributed by atoms with E-state index in [0.717, 1.165) is 5.69 Å². The zero-order chi connectivity index (χ0) is 14.5. The zero-order valence-electron chi connectivity index (χ0n) is 10.4. The van der Waals surface area contributed by atoms with E-state index >= 15 is 0 Å². The minimum absolute atomic E-state index is 0.0884. The lowest BCUT2D eigenvalue weighted by Crippen LogP contribution is -2.06. The Kier molecular flexibility index (Phi) is 3.77. The molecule has 4 N–H and O–H groups in total. The number of rotatable bonds is 4. The van der Waals surface area contributed by atoms with Crippen molar-refractivity contribution in [3.8, 4) is 6.07 Å². The summed E-state index contributed by atoms with van der Waals surface area (Å²) in [5.74, 6) is -0.873. The summed E-state index contributed by atoms with van der Waals surface area (Å²) in [7, 11) is 0. The third kappa shape index (κ3) is 3.00. The van der Waals surface area contributed by atoms with E-state index in [4.69, 9.17) is 16.1 Å². The number of carboxylic acids is 1. The maximum absolute atomic E-state index is 10.7. The molecule has 1 heterocycles. The number of aromatic carboxylic acids is 1. The maximum atomic E-state index is 10.7. The van der Waals surface area contributed by atoms with Crippen molar-refractivity contribution in [1.29, 1.82) is 5.26 Å². The number of carboxylic acid groups (broad SMARTS) is 1. The average molecular weight is 269 g/mol. The van der Waals surface area contributed by atoms with Crippen LogP contribution >= 0.6 is 0 Å². The molecule has 0 amide bonds. The quantitative estimate of drug-likeness (QED) is 0.762. The molecule has 1 aromatic heterocycles. The molecule has 0 unspecified atom stereocenters. The summed E-state index contributed by atoms with van der Waals surface area (Å²) in [6, 6.07) is 8.17. The van der Waals surface area contributed by atoms with Gasteiger partial charge in [-0.25, -0.2) is 14.8 Å². The van der Waals surface area contributed by atoms with Crippen LogP contribution in [-0.2, 0) is 6.54 Å². The van der Waals surface area contributed by atoms with Crippen LogP contribution in [0.1, 0.15) is 21.7 Å². The number of anilines is 2. The van der Waals surface area contributed by atoms with Crippen molar-refractivity contribution in [1.82, 2.24) is 9.97 Å². The zero-order valence-corrected chi connectivity index (χ0v) is 10.4. The standard InChI is InChI=1S/C13H11N5O2/c14-5-11-12(15)17-7-10(18-11)6-16-9-3-1-8(2-4-9)13(19)20/h1-4,7,16H,6H2,(H2,15,17)(H,19,20). The van der Waals surface area contributed by atoms with E-state index in [0.29, 0.717) is 12.2 Å². The van der Waals surface area contributed by atoms with Gasteiger partial charge in [0.25, 0.3) is 0 Å². The molecular formula is C13H11N5O2. The molecule has 2 rings (SSSR count). The number of nitrogens with one attached hydrogen (secondary N) is 1. The predicted octanol–water partition coefficient (Wildman–Crippen LogP) is 1.24. The summed E-state index contributed by atoms with van der Waals surface area (Å²) >= 11 is 0. The fraction of sp³-hybridized carbons (Fsp3) is 0.0769. The second kappa shape index (κ2) is 5.67. The van der Waals surface area contributed by atoms with Crippen LogP contribution in [-0.4, -0.2) is 21.0 Å². The molecule has 0 aliphatic rings. The van der Waals surface area contributed by atoms with Crippen molar-refractivity contribution in [2.45, 2.75) is 6.54 Å². The van der Waals surface area contributed by atoms with Gasteiger partial charge in [0.05, 0.1) is 24.0 Å². The first kappa shape index (κ1) is 13.3. The van der Waals surface area contributed by atoms with E-state index in [-0.39, 0.29) is 17.1 Å². The molecule has 7 heteroatoms. The Morgan fingerprint density at radius 3 is 2.70 bits per heavy atom. The molecule has 0 saturated carbocycles. The van der Waals surface area contributed by atoms with Crippen molar-refractivity contribution >= 4 is 17.5 Å². The number of hydrogen-bond donors (Lipinski definition) is 3. The molecule has 0 atom stereocenters. The molecule has 0 radical (unpaired) electrons. The van der Waals surface area contributed by atoms with Crippen LogP contribution < -0.4 is 11.1 Å². The van der Waals surface area contributed by atoms with Gasteiger partial charge in [0.15, 0.2) is 11.5 Å². The number of carbonyl (C=O) groups is 1. The van der Waals surface area contributed by atoms with Gasteiger partial charge in [-0.3, -0.25) is 0 Å². The summed E-state index contributed by atoms with van der Waals surface area (Å²) in [6.45, 7) is 0.356.